The van der Waals surface area contributed by atoms with E-state index >= 15 is 0 Å². The summed E-state index contributed by atoms with van der Waals surface area (Å²) >= 11 is 1.96. The Labute approximate surface area is 176 Å². The van der Waals surface area contributed by atoms with Crippen molar-refractivity contribution in [2.75, 3.05) is 11.5 Å². The maximum atomic E-state index is 9.78. The van der Waals surface area contributed by atoms with Crippen molar-refractivity contribution in [1.29, 1.82) is 5.26 Å². The van der Waals surface area contributed by atoms with E-state index in [1.807, 2.05) is 17.8 Å². The molecule has 2 atom stereocenters. The zero-order chi connectivity index (χ0) is 20.4. The van der Waals surface area contributed by atoms with Crippen LogP contribution in [-0.2, 0) is 0 Å². The van der Waals surface area contributed by atoms with Crippen LogP contribution in [0.4, 0.5) is 0 Å². The molecule has 0 aromatic rings. The third-order valence-corrected chi connectivity index (χ3v) is 7.95. The van der Waals surface area contributed by atoms with Gasteiger partial charge in [-0.1, -0.05) is 55.6 Å². The molecule has 1 fully saturated rings. The number of hydrogen-bond acceptors (Lipinski definition) is 3. The quantitative estimate of drug-likeness (QED) is 0.492. The topological polar surface area (TPSA) is 35.8 Å². The maximum Gasteiger partial charge on any atom is 0.113 e. The number of allylic oxidation sites excluding steroid dienone is 5. The van der Waals surface area contributed by atoms with Gasteiger partial charge in [0.1, 0.15) is 7.85 Å². The molecule has 2 nitrogen and oxygen atoms in total. The zero-order valence-electron chi connectivity index (χ0n) is 17.3. The van der Waals surface area contributed by atoms with Gasteiger partial charge >= 0.3 is 0 Å². The van der Waals surface area contributed by atoms with E-state index in [0.717, 1.165) is 42.8 Å². The van der Waals surface area contributed by atoms with Gasteiger partial charge in [0, 0.05) is 35.1 Å². The fraction of sp³-hybridized carbons (Fsp3) is 0.542. The fourth-order valence-electron chi connectivity index (χ4n) is 4.95. The molecular formula is C24H31BN2S. The third-order valence-electron chi connectivity index (χ3n) is 6.63. The molecule has 1 N–H and O–H groups in total. The highest BCUT2D eigenvalue weighted by Crippen LogP contribution is 2.47. The first kappa shape index (κ1) is 21.1. The van der Waals surface area contributed by atoms with E-state index in [4.69, 9.17) is 7.85 Å². The highest BCUT2D eigenvalue weighted by atomic mass is 32.2. The van der Waals surface area contributed by atoms with E-state index in [1.165, 1.54) is 29.7 Å². The predicted molar refractivity (Wildman–Crippen MR) is 122 cm³/mol. The molecule has 0 bridgehead atoms. The van der Waals surface area contributed by atoms with Crippen molar-refractivity contribution in [3.05, 3.63) is 59.3 Å². The minimum absolute atomic E-state index is 0.115. The van der Waals surface area contributed by atoms with Crippen LogP contribution in [-0.4, -0.2) is 25.4 Å². The highest BCUT2D eigenvalue weighted by Gasteiger charge is 2.42. The van der Waals surface area contributed by atoms with Crippen molar-refractivity contribution in [1.82, 2.24) is 5.32 Å². The summed E-state index contributed by atoms with van der Waals surface area (Å²) in [7, 11) is 6.07. The Balaban J connectivity index is 1.83. The Morgan fingerprint density at radius 1 is 1.46 bits per heavy atom. The van der Waals surface area contributed by atoms with Gasteiger partial charge < -0.3 is 5.32 Å². The number of nitrogens with zero attached hydrogens (tertiary/aromatic N) is 1. The summed E-state index contributed by atoms with van der Waals surface area (Å²) in [5, 5.41) is 13.6. The number of thioether (sulfide) groups is 1. The first-order valence-corrected chi connectivity index (χ1v) is 11.4. The van der Waals surface area contributed by atoms with Crippen LogP contribution in [0.1, 0.15) is 52.4 Å². The summed E-state index contributed by atoms with van der Waals surface area (Å²) < 4.78 is 0. The van der Waals surface area contributed by atoms with Gasteiger partial charge in [-0.05, 0) is 37.3 Å². The largest absolute Gasteiger partial charge is 0.385 e. The summed E-state index contributed by atoms with van der Waals surface area (Å²) in [6, 6.07) is 3.00. The monoisotopic (exact) mass is 390 g/mol. The number of fused-ring (bicyclic) bond motifs is 1. The van der Waals surface area contributed by atoms with Crippen molar-refractivity contribution < 1.29 is 0 Å². The lowest BCUT2D eigenvalue weighted by molar-refractivity contribution is 0.353. The second-order valence-electron chi connectivity index (χ2n) is 8.95. The van der Waals surface area contributed by atoms with Gasteiger partial charge in [0.15, 0.2) is 0 Å². The molecule has 2 radical (unpaired) electrons. The fourth-order valence-corrected chi connectivity index (χ4v) is 6.39. The highest BCUT2D eigenvalue weighted by molar-refractivity contribution is 7.99. The Kier molecular flexibility index (Phi) is 6.35. The van der Waals surface area contributed by atoms with Gasteiger partial charge in [0.25, 0.3) is 0 Å². The van der Waals surface area contributed by atoms with E-state index in [2.05, 4.69) is 44.5 Å². The molecule has 3 aliphatic rings. The molecule has 28 heavy (non-hydrogen) atoms. The molecule has 1 aliphatic carbocycles. The molecule has 3 rings (SSSR count). The maximum absolute atomic E-state index is 9.78. The second-order valence-corrected chi connectivity index (χ2v) is 9.93. The van der Waals surface area contributed by atoms with Gasteiger partial charge in [0.2, 0.25) is 0 Å². The number of hydrogen-bond donors (Lipinski definition) is 1. The van der Waals surface area contributed by atoms with E-state index in [9.17, 15) is 5.26 Å². The van der Waals surface area contributed by atoms with Crippen LogP contribution in [0.5, 0.6) is 0 Å². The average molecular weight is 390 g/mol. The van der Waals surface area contributed by atoms with Crippen molar-refractivity contribution in [2.24, 2.45) is 10.8 Å². The van der Waals surface area contributed by atoms with E-state index < -0.39 is 0 Å². The summed E-state index contributed by atoms with van der Waals surface area (Å²) in [4.78, 5) is 0. The standard InChI is InChI=1S/C24H31BN2S/c1-5-8-20(18(3)25)21-14-28-16-23(4)12-19(27-22(23)11-17(21)2)13-24(15-26)9-6-7-10-24/h5,8,12,22,27H,1,3,6-7,9-11,13-14,16H2,2,4H3/b20-8-,21-17+. The molecule has 0 saturated heterocycles. The Morgan fingerprint density at radius 3 is 2.79 bits per heavy atom. The van der Waals surface area contributed by atoms with Crippen LogP contribution in [0.25, 0.3) is 0 Å². The third kappa shape index (κ3) is 4.20. The molecule has 0 aromatic carbocycles. The van der Waals surface area contributed by atoms with Crippen molar-refractivity contribution in [3.63, 3.8) is 0 Å². The summed E-state index contributed by atoms with van der Waals surface area (Å²) in [6.45, 7) is 12.4. The lowest BCUT2D eigenvalue weighted by Crippen LogP contribution is -2.39. The Hall–Kier alpha value is -1.60. The van der Waals surface area contributed by atoms with Crippen LogP contribution in [0.15, 0.2) is 59.3 Å². The molecule has 2 aliphatic heterocycles. The summed E-state index contributed by atoms with van der Waals surface area (Å²) in [5.41, 5.74) is 5.51. The van der Waals surface area contributed by atoms with Crippen molar-refractivity contribution in [3.8, 4) is 6.07 Å². The van der Waals surface area contributed by atoms with Crippen molar-refractivity contribution in [2.45, 2.75) is 58.4 Å². The number of rotatable bonds is 5. The molecule has 146 valence electrons. The van der Waals surface area contributed by atoms with Gasteiger partial charge in [0.05, 0.1) is 11.5 Å². The lowest BCUT2D eigenvalue weighted by atomic mass is 9.79. The van der Waals surface area contributed by atoms with E-state index in [1.54, 1.807) is 6.08 Å². The Morgan fingerprint density at radius 2 is 2.18 bits per heavy atom. The summed E-state index contributed by atoms with van der Waals surface area (Å²) in [5.74, 6) is 2.00. The van der Waals surface area contributed by atoms with E-state index in [-0.39, 0.29) is 10.8 Å². The van der Waals surface area contributed by atoms with Crippen LogP contribution >= 0.6 is 11.8 Å². The molecule has 2 heterocycles. The van der Waals surface area contributed by atoms with Gasteiger partial charge in [-0.15, -0.1) is 6.58 Å². The smallest absolute Gasteiger partial charge is 0.113 e. The first-order chi connectivity index (χ1) is 13.3. The van der Waals surface area contributed by atoms with Crippen LogP contribution in [0, 0.1) is 22.2 Å². The van der Waals surface area contributed by atoms with Crippen LogP contribution in [0.3, 0.4) is 0 Å². The summed E-state index contributed by atoms with van der Waals surface area (Å²) in [6.07, 6.45) is 12.5. The predicted octanol–water partition coefficient (Wildman–Crippen LogP) is 5.57. The molecule has 0 spiro atoms. The molecule has 2 unspecified atom stereocenters. The van der Waals surface area contributed by atoms with Gasteiger partial charge in [-0.2, -0.15) is 17.0 Å². The second kappa shape index (κ2) is 8.41. The SMILES string of the molecule is [B]C(=C)C(=C/C=C)/C1=C(\C)CC2NC(CC3(C#N)CCCC3)=CC2(C)CSC1. The molecule has 0 amide bonds. The van der Waals surface area contributed by atoms with Gasteiger partial charge in [-0.3, -0.25) is 0 Å². The van der Waals surface area contributed by atoms with Crippen molar-refractivity contribution >= 4 is 19.6 Å². The van der Waals surface area contributed by atoms with Gasteiger partial charge in [-0.25, -0.2) is 0 Å². The minimum atomic E-state index is -0.158. The molecule has 1 saturated carbocycles. The minimum Gasteiger partial charge on any atom is -0.385 e. The zero-order valence-corrected chi connectivity index (χ0v) is 18.1. The van der Waals surface area contributed by atoms with E-state index in [0.29, 0.717) is 11.5 Å². The first-order valence-electron chi connectivity index (χ1n) is 10.3. The number of nitrogens with one attached hydrogen (secondary N) is 1. The molecular weight excluding hydrogens is 359 g/mol. The molecule has 0 aromatic heterocycles. The average Bonchev–Trinajstić information content (AvgIpc) is 3.21. The lowest BCUT2D eigenvalue weighted by Gasteiger charge is -2.34. The Bertz CT molecular complexity index is 792. The van der Waals surface area contributed by atoms with Crippen LogP contribution < -0.4 is 5.32 Å². The molecule has 4 heteroatoms. The van der Waals surface area contributed by atoms with Crippen LogP contribution in [0.2, 0.25) is 0 Å². The number of nitriles is 1. The normalized spacial score (nSPS) is 32.4.